The van der Waals surface area contributed by atoms with Crippen LogP contribution in [-0.4, -0.2) is 19.6 Å². The minimum atomic E-state index is -0.799. The zero-order chi connectivity index (χ0) is 11.1. The van der Waals surface area contributed by atoms with E-state index in [9.17, 15) is 0 Å². The normalized spacial score (nSPS) is 12.6. The molecule has 0 atom stereocenters. The van der Waals surface area contributed by atoms with Gasteiger partial charge in [-0.2, -0.15) is 0 Å². The van der Waals surface area contributed by atoms with Crippen LogP contribution in [0, 0.1) is 0 Å². The molecule has 0 bridgehead atoms. The van der Waals surface area contributed by atoms with E-state index in [1.807, 2.05) is 0 Å². The third-order valence-corrected chi connectivity index (χ3v) is 7.79. The Labute approximate surface area is 113 Å². The molecular weight excluding hydrogens is 194 g/mol. The Morgan fingerprint density at radius 3 is 0.667 bits per heavy atom. The van der Waals surface area contributed by atoms with Crippen molar-refractivity contribution in [1.82, 2.24) is 0 Å². The SMILES string of the molecule is C[C](C)(C)[Al]([C](C)(C)C)[C](C)(C)C.[Li+].[OH-]. The molecule has 0 rings (SSSR count). The van der Waals surface area contributed by atoms with E-state index in [0.29, 0.717) is 12.8 Å². The van der Waals surface area contributed by atoms with Gasteiger partial charge in [0, 0.05) is 0 Å². The fourth-order valence-corrected chi connectivity index (χ4v) is 11.7. The third kappa shape index (κ3) is 7.09. The number of hydrogen-bond donors (Lipinski definition) is 0. The summed E-state index contributed by atoms with van der Waals surface area (Å²) < 4.78 is 1.57. The van der Waals surface area contributed by atoms with Crippen molar-refractivity contribution in [2.45, 2.75) is 75.1 Å². The van der Waals surface area contributed by atoms with Gasteiger partial charge in [0.15, 0.2) is 0 Å². The predicted octanol–water partition coefficient (Wildman–Crippen LogP) is 1.71. The first kappa shape index (κ1) is 21.4. The summed E-state index contributed by atoms with van der Waals surface area (Å²) in [5.41, 5.74) is 0. The van der Waals surface area contributed by atoms with Crippen LogP contribution in [0.5, 0.6) is 0 Å². The second-order valence-electron chi connectivity index (χ2n) is 7.53. The monoisotopic (exact) mass is 222 g/mol. The van der Waals surface area contributed by atoms with Gasteiger partial charge in [-0.05, 0) is 0 Å². The van der Waals surface area contributed by atoms with Crippen LogP contribution in [0.4, 0.5) is 0 Å². The van der Waals surface area contributed by atoms with Crippen LogP contribution < -0.4 is 18.9 Å². The molecule has 0 radical (unpaired) electrons. The van der Waals surface area contributed by atoms with Crippen molar-refractivity contribution < 1.29 is 24.3 Å². The molecule has 0 saturated heterocycles. The molecule has 15 heavy (non-hydrogen) atoms. The number of hydrogen-bond acceptors (Lipinski definition) is 1. The molecule has 0 aliphatic rings. The van der Waals surface area contributed by atoms with Crippen molar-refractivity contribution in [3.05, 3.63) is 0 Å². The minimum Gasteiger partial charge on any atom is -0.870 e. The Morgan fingerprint density at radius 2 is 0.667 bits per heavy atom. The zero-order valence-corrected chi connectivity index (χ0v) is 13.7. The van der Waals surface area contributed by atoms with Crippen LogP contribution in [0.25, 0.3) is 0 Å². The largest absolute Gasteiger partial charge is 1.00 e. The van der Waals surface area contributed by atoms with Crippen LogP contribution >= 0.6 is 0 Å². The van der Waals surface area contributed by atoms with E-state index >= 15 is 0 Å². The fourth-order valence-electron chi connectivity index (χ4n) is 3.90. The summed E-state index contributed by atoms with van der Waals surface area (Å²) in [6.07, 6.45) is 0. The molecule has 0 amide bonds. The van der Waals surface area contributed by atoms with Crippen LogP contribution in [0.15, 0.2) is 0 Å². The maximum atomic E-state index is 2.42. The average molecular weight is 222 g/mol. The Kier molecular flexibility index (Phi) is 8.75. The molecule has 3 heteroatoms. The van der Waals surface area contributed by atoms with Gasteiger partial charge in [-0.1, -0.05) is 75.1 Å². The summed E-state index contributed by atoms with van der Waals surface area (Å²) in [6, 6.07) is 0. The van der Waals surface area contributed by atoms with Gasteiger partial charge in [0.1, 0.15) is 0 Å². The van der Waals surface area contributed by atoms with Crippen molar-refractivity contribution >= 4 is 14.1 Å². The van der Waals surface area contributed by atoms with Gasteiger partial charge in [-0.15, -0.1) is 0 Å². The van der Waals surface area contributed by atoms with Gasteiger partial charge in [0.05, 0.1) is 0 Å². The molecule has 1 N–H and O–H groups in total. The molecule has 0 aromatic carbocycles. The van der Waals surface area contributed by atoms with E-state index in [-0.39, 0.29) is 24.3 Å². The van der Waals surface area contributed by atoms with Gasteiger partial charge in [-0.3, -0.25) is 0 Å². The van der Waals surface area contributed by atoms with Crippen LogP contribution in [0.3, 0.4) is 0 Å². The molecule has 0 heterocycles. The van der Waals surface area contributed by atoms with E-state index in [1.165, 1.54) is 0 Å². The molecule has 0 aliphatic heterocycles. The van der Waals surface area contributed by atoms with E-state index in [1.54, 1.807) is 0 Å². The average Bonchev–Trinajstić information content (AvgIpc) is 1.44. The summed E-state index contributed by atoms with van der Waals surface area (Å²) in [7, 11) is 0. The summed E-state index contributed by atoms with van der Waals surface area (Å²) in [4.78, 5) is 0. The van der Waals surface area contributed by atoms with E-state index in [2.05, 4.69) is 62.3 Å². The molecule has 86 valence electrons. The first-order valence-electron chi connectivity index (χ1n) is 5.37. The first-order valence-corrected chi connectivity index (χ1v) is 7.10. The van der Waals surface area contributed by atoms with Crippen LogP contribution in [0.2, 0.25) is 12.8 Å². The smallest absolute Gasteiger partial charge is 0.870 e. The Balaban J connectivity index is -0.000000720. The maximum absolute atomic E-state index is 2.42. The Hall–Kier alpha value is 1.09. The van der Waals surface area contributed by atoms with Crippen LogP contribution in [0.1, 0.15) is 62.3 Å². The molecule has 0 aromatic rings. The minimum absolute atomic E-state index is 0. The second kappa shape index (κ2) is 6.14. The molecule has 0 aromatic heterocycles. The predicted molar refractivity (Wildman–Crippen MR) is 66.8 cm³/mol. The Morgan fingerprint density at radius 1 is 0.533 bits per heavy atom. The zero-order valence-electron chi connectivity index (χ0n) is 12.5. The van der Waals surface area contributed by atoms with Crippen LogP contribution in [-0.2, 0) is 0 Å². The molecule has 0 aliphatic carbocycles. The maximum Gasteiger partial charge on any atom is 1.00 e. The van der Waals surface area contributed by atoms with Crippen molar-refractivity contribution in [2.75, 3.05) is 0 Å². The van der Waals surface area contributed by atoms with E-state index in [4.69, 9.17) is 0 Å². The summed E-state index contributed by atoms with van der Waals surface area (Å²) in [5.74, 6) is 0. The van der Waals surface area contributed by atoms with Gasteiger partial charge >= 0.3 is 18.9 Å². The third-order valence-electron chi connectivity index (χ3n) is 2.60. The molecular formula is C12H28AlLiO. The molecule has 0 saturated carbocycles. The van der Waals surface area contributed by atoms with Gasteiger partial charge in [-0.25, -0.2) is 0 Å². The Bertz CT molecular complexity index is 138. The second-order valence-corrected chi connectivity index (χ2v) is 13.6. The van der Waals surface area contributed by atoms with Crippen molar-refractivity contribution in [3.8, 4) is 0 Å². The van der Waals surface area contributed by atoms with E-state index in [0.717, 1.165) is 0 Å². The van der Waals surface area contributed by atoms with Crippen molar-refractivity contribution in [3.63, 3.8) is 0 Å². The van der Waals surface area contributed by atoms with Gasteiger partial charge in [0.25, 0.3) is 14.1 Å². The summed E-state index contributed by atoms with van der Waals surface area (Å²) in [5, 5.41) is 0. The molecule has 0 unspecified atom stereocenters. The molecule has 0 fully saturated rings. The topological polar surface area (TPSA) is 30.0 Å². The fraction of sp³-hybridized carbons (Fsp3) is 1.00. The molecule has 1 nitrogen and oxygen atoms in total. The van der Waals surface area contributed by atoms with E-state index < -0.39 is 14.1 Å². The standard InChI is InChI=1S/3C4H9.Al.Li.H2O/c3*1-4(2)3;;;/h3*1-3H3;;;1H2/q;;;;+1;/p-1. The molecule has 0 spiro atoms. The van der Waals surface area contributed by atoms with Gasteiger partial charge < -0.3 is 5.48 Å². The van der Waals surface area contributed by atoms with Crippen molar-refractivity contribution in [1.29, 1.82) is 0 Å². The summed E-state index contributed by atoms with van der Waals surface area (Å²) in [6.45, 7) is 21.8. The summed E-state index contributed by atoms with van der Waals surface area (Å²) >= 11 is -0.799. The van der Waals surface area contributed by atoms with Gasteiger partial charge in [0.2, 0.25) is 0 Å². The quantitative estimate of drug-likeness (QED) is 0.574. The van der Waals surface area contributed by atoms with Crippen molar-refractivity contribution in [2.24, 2.45) is 0 Å². The first-order chi connectivity index (χ1) is 5.37. The number of rotatable bonds is 0.